The van der Waals surface area contributed by atoms with E-state index in [1.807, 2.05) is 32.6 Å². The highest BCUT2D eigenvalue weighted by atomic mass is 16.6. The SMILES string of the molecule is CCN(CC1CCCC(C)C1C)C(=O)OC(C)(C)C. The third-order valence-corrected chi connectivity index (χ3v) is 4.36. The Balaban J connectivity index is 2.58. The Hall–Kier alpha value is -0.730. The Morgan fingerprint density at radius 1 is 1.26 bits per heavy atom. The minimum atomic E-state index is -0.407. The minimum absolute atomic E-state index is 0.166. The number of rotatable bonds is 3. The lowest BCUT2D eigenvalue weighted by Gasteiger charge is -2.37. The summed E-state index contributed by atoms with van der Waals surface area (Å²) in [6.07, 6.45) is 3.70. The monoisotopic (exact) mass is 269 g/mol. The van der Waals surface area contributed by atoms with Gasteiger partial charge in [0.2, 0.25) is 0 Å². The second-order valence-electron chi connectivity index (χ2n) is 7.05. The van der Waals surface area contributed by atoms with E-state index in [0.29, 0.717) is 11.8 Å². The fraction of sp³-hybridized carbons (Fsp3) is 0.938. The average Bonchev–Trinajstić information content (AvgIpc) is 2.28. The van der Waals surface area contributed by atoms with Crippen LogP contribution in [0.2, 0.25) is 0 Å². The molecule has 112 valence electrons. The van der Waals surface area contributed by atoms with Gasteiger partial charge in [-0.15, -0.1) is 0 Å². The normalized spacial score (nSPS) is 28.0. The summed E-state index contributed by atoms with van der Waals surface area (Å²) in [7, 11) is 0. The first kappa shape index (κ1) is 16.3. The third kappa shape index (κ3) is 5.04. The van der Waals surface area contributed by atoms with Gasteiger partial charge in [0.25, 0.3) is 0 Å². The molecule has 0 aliphatic heterocycles. The van der Waals surface area contributed by atoms with Crippen LogP contribution < -0.4 is 0 Å². The lowest BCUT2D eigenvalue weighted by atomic mass is 9.73. The lowest BCUT2D eigenvalue weighted by Crippen LogP contribution is -2.42. The van der Waals surface area contributed by atoms with E-state index >= 15 is 0 Å². The third-order valence-electron chi connectivity index (χ3n) is 4.36. The molecule has 0 heterocycles. The van der Waals surface area contributed by atoms with Crippen molar-refractivity contribution < 1.29 is 9.53 Å². The summed E-state index contributed by atoms with van der Waals surface area (Å²) in [4.78, 5) is 14.0. The molecular formula is C16H31NO2. The summed E-state index contributed by atoms with van der Waals surface area (Å²) in [5, 5.41) is 0. The molecule has 0 N–H and O–H groups in total. The van der Waals surface area contributed by atoms with E-state index in [2.05, 4.69) is 13.8 Å². The summed E-state index contributed by atoms with van der Waals surface area (Å²) < 4.78 is 5.48. The Kier molecular flexibility index (Phi) is 5.69. The van der Waals surface area contributed by atoms with Gasteiger partial charge in [-0.05, 0) is 51.9 Å². The summed E-state index contributed by atoms with van der Waals surface area (Å²) in [6.45, 7) is 14.0. The van der Waals surface area contributed by atoms with E-state index in [1.54, 1.807) is 0 Å². The van der Waals surface area contributed by atoms with E-state index in [0.717, 1.165) is 19.0 Å². The maximum atomic E-state index is 12.2. The molecule has 19 heavy (non-hydrogen) atoms. The molecule has 1 aliphatic rings. The van der Waals surface area contributed by atoms with E-state index in [-0.39, 0.29) is 6.09 Å². The summed E-state index contributed by atoms with van der Waals surface area (Å²) >= 11 is 0. The molecule has 1 aliphatic carbocycles. The van der Waals surface area contributed by atoms with Crippen LogP contribution in [0.25, 0.3) is 0 Å². The van der Waals surface area contributed by atoms with E-state index in [1.165, 1.54) is 19.3 Å². The maximum Gasteiger partial charge on any atom is 0.410 e. The Bertz CT molecular complexity index is 296. The highest BCUT2D eigenvalue weighted by Gasteiger charge is 2.30. The van der Waals surface area contributed by atoms with Crippen LogP contribution in [0, 0.1) is 17.8 Å². The second-order valence-corrected chi connectivity index (χ2v) is 7.05. The predicted molar refractivity (Wildman–Crippen MR) is 79.2 cm³/mol. The van der Waals surface area contributed by atoms with E-state index in [9.17, 15) is 4.79 Å². The van der Waals surface area contributed by atoms with Crippen LogP contribution in [0.3, 0.4) is 0 Å². The van der Waals surface area contributed by atoms with Crippen molar-refractivity contribution in [2.24, 2.45) is 17.8 Å². The Labute approximate surface area is 118 Å². The number of hydrogen-bond donors (Lipinski definition) is 0. The summed E-state index contributed by atoms with van der Waals surface area (Å²) in [5.41, 5.74) is -0.407. The maximum absolute atomic E-state index is 12.2. The topological polar surface area (TPSA) is 29.5 Å². The van der Waals surface area contributed by atoms with Crippen LogP contribution in [0.5, 0.6) is 0 Å². The highest BCUT2D eigenvalue weighted by molar-refractivity contribution is 5.68. The van der Waals surface area contributed by atoms with Crippen LogP contribution in [-0.2, 0) is 4.74 Å². The number of amides is 1. The van der Waals surface area contributed by atoms with Crippen molar-refractivity contribution in [2.45, 2.75) is 66.4 Å². The number of carbonyl (C=O) groups excluding carboxylic acids is 1. The fourth-order valence-electron chi connectivity index (χ4n) is 2.89. The van der Waals surface area contributed by atoms with Gasteiger partial charge in [0.15, 0.2) is 0 Å². The molecule has 0 spiro atoms. The first-order valence-corrected chi connectivity index (χ1v) is 7.72. The van der Waals surface area contributed by atoms with Gasteiger partial charge in [0.05, 0.1) is 0 Å². The van der Waals surface area contributed by atoms with Gasteiger partial charge in [0.1, 0.15) is 5.60 Å². The number of carbonyl (C=O) groups is 1. The lowest BCUT2D eigenvalue weighted by molar-refractivity contribution is 0.0178. The fourth-order valence-corrected chi connectivity index (χ4v) is 2.89. The van der Waals surface area contributed by atoms with Gasteiger partial charge in [-0.2, -0.15) is 0 Å². The number of ether oxygens (including phenoxy) is 1. The summed E-state index contributed by atoms with van der Waals surface area (Å²) in [6, 6.07) is 0. The molecule has 1 saturated carbocycles. The molecule has 3 heteroatoms. The number of hydrogen-bond acceptors (Lipinski definition) is 2. The predicted octanol–water partition coefficient (Wildman–Crippen LogP) is 4.32. The first-order chi connectivity index (χ1) is 8.74. The zero-order valence-electron chi connectivity index (χ0n) is 13.5. The van der Waals surface area contributed by atoms with Crippen molar-refractivity contribution >= 4 is 6.09 Å². The Morgan fingerprint density at radius 3 is 2.42 bits per heavy atom. The average molecular weight is 269 g/mol. The molecule has 0 aromatic heterocycles. The molecular weight excluding hydrogens is 238 g/mol. The van der Waals surface area contributed by atoms with E-state index in [4.69, 9.17) is 4.74 Å². The van der Waals surface area contributed by atoms with Crippen LogP contribution in [0.15, 0.2) is 0 Å². The van der Waals surface area contributed by atoms with Crippen LogP contribution in [0.1, 0.15) is 60.8 Å². The van der Waals surface area contributed by atoms with Crippen molar-refractivity contribution in [2.75, 3.05) is 13.1 Å². The van der Waals surface area contributed by atoms with Crippen LogP contribution in [0.4, 0.5) is 4.79 Å². The Morgan fingerprint density at radius 2 is 1.89 bits per heavy atom. The van der Waals surface area contributed by atoms with Crippen molar-refractivity contribution in [3.8, 4) is 0 Å². The molecule has 3 nitrogen and oxygen atoms in total. The molecule has 0 radical (unpaired) electrons. The van der Waals surface area contributed by atoms with Crippen molar-refractivity contribution in [1.82, 2.24) is 4.90 Å². The van der Waals surface area contributed by atoms with Gasteiger partial charge >= 0.3 is 6.09 Å². The summed E-state index contributed by atoms with van der Waals surface area (Å²) in [5.74, 6) is 2.09. The van der Waals surface area contributed by atoms with Gasteiger partial charge in [-0.25, -0.2) is 4.79 Å². The van der Waals surface area contributed by atoms with E-state index < -0.39 is 5.60 Å². The number of nitrogens with zero attached hydrogens (tertiary/aromatic N) is 1. The van der Waals surface area contributed by atoms with Gasteiger partial charge in [-0.3, -0.25) is 0 Å². The van der Waals surface area contributed by atoms with Crippen molar-refractivity contribution in [3.63, 3.8) is 0 Å². The first-order valence-electron chi connectivity index (χ1n) is 7.72. The minimum Gasteiger partial charge on any atom is -0.444 e. The second kappa shape index (κ2) is 6.62. The van der Waals surface area contributed by atoms with Crippen LogP contribution in [-0.4, -0.2) is 29.7 Å². The molecule has 1 rings (SSSR count). The quantitative estimate of drug-likeness (QED) is 0.764. The molecule has 3 atom stereocenters. The molecule has 1 amide bonds. The van der Waals surface area contributed by atoms with Gasteiger partial charge < -0.3 is 9.64 Å². The smallest absolute Gasteiger partial charge is 0.410 e. The van der Waals surface area contributed by atoms with Crippen molar-refractivity contribution in [1.29, 1.82) is 0 Å². The zero-order valence-corrected chi connectivity index (χ0v) is 13.5. The van der Waals surface area contributed by atoms with Gasteiger partial charge in [-0.1, -0.05) is 26.7 Å². The molecule has 3 unspecified atom stereocenters. The highest BCUT2D eigenvalue weighted by Crippen LogP contribution is 2.34. The molecule has 0 aromatic rings. The molecule has 0 saturated heterocycles. The largest absolute Gasteiger partial charge is 0.444 e. The van der Waals surface area contributed by atoms with Crippen LogP contribution >= 0.6 is 0 Å². The molecule has 1 fully saturated rings. The zero-order chi connectivity index (χ0) is 14.6. The molecule has 0 aromatic carbocycles. The van der Waals surface area contributed by atoms with Crippen molar-refractivity contribution in [3.05, 3.63) is 0 Å². The standard InChI is InChI=1S/C16H31NO2/c1-7-17(15(18)19-16(4,5)6)11-14-10-8-9-12(2)13(14)3/h12-14H,7-11H2,1-6H3. The van der Waals surface area contributed by atoms with Gasteiger partial charge in [0, 0.05) is 13.1 Å². The molecule has 0 bridgehead atoms.